The Balaban J connectivity index is 2.03. The summed E-state index contributed by atoms with van der Waals surface area (Å²) in [5.74, 6) is -1.21. The topological polar surface area (TPSA) is 56.8 Å². The van der Waals surface area contributed by atoms with E-state index in [-0.39, 0.29) is 17.9 Å². The molecule has 0 heterocycles. The van der Waals surface area contributed by atoms with Crippen molar-refractivity contribution in [3.63, 3.8) is 0 Å². The Morgan fingerprint density at radius 1 is 1.03 bits per heavy atom. The van der Waals surface area contributed by atoms with E-state index >= 15 is 0 Å². The number of hydrogen-bond donors (Lipinski definition) is 1. The molecule has 0 fully saturated rings. The van der Waals surface area contributed by atoms with Gasteiger partial charge in [0.1, 0.15) is 11.5 Å². The fraction of sp³-hybridized carbons (Fsp3) is 0.250. The fourth-order valence-corrected chi connectivity index (χ4v) is 2.44. The Morgan fingerprint density at radius 2 is 1.76 bits per heavy atom. The van der Waals surface area contributed by atoms with Crippen LogP contribution in [0.2, 0.25) is 0 Å². The largest absolute Gasteiger partial charge is 0.435 e. The van der Waals surface area contributed by atoms with Crippen LogP contribution in [0.4, 0.5) is 17.6 Å². The van der Waals surface area contributed by atoms with E-state index in [1.807, 2.05) is 24.3 Å². The predicted octanol–water partition coefficient (Wildman–Crippen LogP) is 4.37. The number of alkyl halides is 4. The zero-order valence-corrected chi connectivity index (χ0v) is 15.4. The van der Waals surface area contributed by atoms with Gasteiger partial charge in [0.25, 0.3) is 0 Å². The molecular formula is C20H19F4NO4. The lowest BCUT2D eigenvalue weighted by molar-refractivity contribution is -0.116. The molecule has 9 heteroatoms. The summed E-state index contributed by atoms with van der Waals surface area (Å²) >= 11 is 0. The number of carbonyl (C=O) groups excluding carboxylic acids is 1. The average molecular weight is 413 g/mol. The second-order valence-electron chi connectivity index (χ2n) is 5.76. The van der Waals surface area contributed by atoms with Crippen molar-refractivity contribution < 1.29 is 36.6 Å². The molecule has 0 saturated heterocycles. The Morgan fingerprint density at radius 3 is 2.45 bits per heavy atom. The van der Waals surface area contributed by atoms with Crippen molar-refractivity contribution in [2.75, 3.05) is 7.11 Å². The standard InChI is InChI=1S/C20H19F4NO4/c1-27-12-14-4-2-3-13(9-14)11-25-18(26)8-6-15-5-7-16(28-19(21)22)10-17(15)29-20(23)24/h2-10,19-20H,11-12H2,1H3,(H,25,26)/b8-6+. The van der Waals surface area contributed by atoms with Gasteiger partial charge in [-0.25, -0.2) is 0 Å². The Bertz CT molecular complexity index is 843. The maximum atomic E-state index is 12.6. The molecule has 156 valence electrons. The lowest BCUT2D eigenvalue weighted by Crippen LogP contribution is -2.20. The van der Waals surface area contributed by atoms with Crippen molar-refractivity contribution in [2.45, 2.75) is 26.4 Å². The van der Waals surface area contributed by atoms with Crippen LogP contribution in [0.1, 0.15) is 16.7 Å². The first-order chi connectivity index (χ1) is 13.9. The number of ether oxygens (including phenoxy) is 3. The highest BCUT2D eigenvalue weighted by molar-refractivity contribution is 5.92. The molecule has 0 unspecified atom stereocenters. The van der Waals surface area contributed by atoms with Gasteiger partial charge in [-0.1, -0.05) is 24.3 Å². The highest BCUT2D eigenvalue weighted by Crippen LogP contribution is 2.28. The van der Waals surface area contributed by atoms with Crippen molar-refractivity contribution in [2.24, 2.45) is 0 Å². The SMILES string of the molecule is COCc1cccc(CNC(=O)/C=C/c2ccc(OC(F)F)cc2OC(F)F)c1. The van der Waals surface area contributed by atoms with Gasteiger partial charge in [0, 0.05) is 31.4 Å². The van der Waals surface area contributed by atoms with Gasteiger partial charge in [-0.2, -0.15) is 17.6 Å². The second kappa shape index (κ2) is 11.1. The Hall–Kier alpha value is -3.07. The van der Waals surface area contributed by atoms with E-state index in [2.05, 4.69) is 14.8 Å². The molecule has 0 spiro atoms. The minimum absolute atomic E-state index is 0.101. The molecule has 0 aliphatic carbocycles. The van der Waals surface area contributed by atoms with E-state index < -0.39 is 24.9 Å². The van der Waals surface area contributed by atoms with E-state index in [4.69, 9.17) is 4.74 Å². The highest BCUT2D eigenvalue weighted by atomic mass is 19.3. The quantitative estimate of drug-likeness (QED) is 0.464. The van der Waals surface area contributed by atoms with Crippen LogP contribution in [0.3, 0.4) is 0 Å². The highest BCUT2D eigenvalue weighted by Gasteiger charge is 2.12. The maximum absolute atomic E-state index is 12.6. The van der Waals surface area contributed by atoms with Gasteiger partial charge in [0.2, 0.25) is 5.91 Å². The number of nitrogens with one attached hydrogen (secondary N) is 1. The monoisotopic (exact) mass is 413 g/mol. The van der Waals surface area contributed by atoms with Crippen molar-refractivity contribution in [3.05, 3.63) is 65.2 Å². The lowest BCUT2D eigenvalue weighted by Gasteiger charge is -2.11. The molecule has 1 N–H and O–H groups in total. The number of carbonyl (C=O) groups is 1. The summed E-state index contributed by atoms with van der Waals surface area (Å²) < 4.78 is 63.2. The number of halogens is 4. The Kier molecular flexibility index (Phi) is 8.47. The van der Waals surface area contributed by atoms with Gasteiger partial charge in [-0.3, -0.25) is 4.79 Å². The second-order valence-corrected chi connectivity index (χ2v) is 5.76. The van der Waals surface area contributed by atoms with E-state index in [1.54, 1.807) is 7.11 Å². The van der Waals surface area contributed by atoms with Crippen LogP contribution in [-0.4, -0.2) is 26.2 Å². The zero-order chi connectivity index (χ0) is 21.2. The minimum Gasteiger partial charge on any atom is -0.435 e. The van der Waals surface area contributed by atoms with Crippen LogP contribution >= 0.6 is 0 Å². The van der Waals surface area contributed by atoms with E-state index in [0.717, 1.165) is 29.3 Å². The third-order valence-electron chi connectivity index (χ3n) is 3.61. The summed E-state index contributed by atoms with van der Waals surface area (Å²) in [6, 6.07) is 10.7. The van der Waals surface area contributed by atoms with Crippen molar-refractivity contribution in [3.8, 4) is 11.5 Å². The number of methoxy groups -OCH3 is 1. The molecule has 0 aromatic heterocycles. The van der Waals surface area contributed by atoms with Crippen molar-refractivity contribution in [1.82, 2.24) is 5.32 Å². The normalized spacial score (nSPS) is 11.3. The third-order valence-corrected chi connectivity index (χ3v) is 3.61. The molecule has 2 rings (SSSR count). The van der Waals surface area contributed by atoms with Gasteiger partial charge in [0.05, 0.1) is 6.61 Å². The molecule has 0 aliphatic rings. The maximum Gasteiger partial charge on any atom is 0.387 e. The number of hydrogen-bond acceptors (Lipinski definition) is 4. The van der Waals surface area contributed by atoms with Crippen molar-refractivity contribution in [1.29, 1.82) is 0 Å². The van der Waals surface area contributed by atoms with Crippen molar-refractivity contribution >= 4 is 12.0 Å². The van der Waals surface area contributed by atoms with Crippen LogP contribution in [0.25, 0.3) is 6.08 Å². The van der Waals surface area contributed by atoms with Gasteiger partial charge in [-0.15, -0.1) is 0 Å². The number of amides is 1. The van der Waals surface area contributed by atoms with Gasteiger partial charge in [-0.05, 0) is 29.3 Å². The molecule has 5 nitrogen and oxygen atoms in total. The molecule has 1 amide bonds. The van der Waals surface area contributed by atoms with Gasteiger partial charge < -0.3 is 19.5 Å². The van der Waals surface area contributed by atoms with Gasteiger partial charge >= 0.3 is 13.2 Å². The molecule has 0 atom stereocenters. The molecule has 0 bridgehead atoms. The zero-order valence-electron chi connectivity index (χ0n) is 15.4. The third kappa shape index (κ3) is 7.82. The van der Waals surface area contributed by atoms with Crippen LogP contribution in [0.15, 0.2) is 48.5 Å². The predicted molar refractivity (Wildman–Crippen MR) is 97.7 cm³/mol. The minimum atomic E-state index is -3.17. The first-order valence-corrected chi connectivity index (χ1v) is 8.43. The smallest absolute Gasteiger partial charge is 0.387 e. The van der Waals surface area contributed by atoms with E-state index in [1.165, 1.54) is 12.1 Å². The van der Waals surface area contributed by atoms with Gasteiger partial charge in [0.15, 0.2) is 0 Å². The average Bonchev–Trinajstić information content (AvgIpc) is 2.65. The molecule has 2 aromatic rings. The molecule has 2 aromatic carbocycles. The van der Waals surface area contributed by atoms with Crippen LogP contribution < -0.4 is 14.8 Å². The molecular weight excluding hydrogens is 394 g/mol. The summed E-state index contributed by atoms with van der Waals surface area (Å²) in [5.41, 5.74) is 1.91. The fourth-order valence-electron chi connectivity index (χ4n) is 2.44. The van der Waals surface area contributed by atoms with Crippen LogP contribution in [0, 0.1) is 0 Å². The molecule has 0 radical (unpaired) electrons. The molecule has 0 aliphatic heterocycles. The lowest BCUT2D eigenvalue weighted by atomic mass is 10.1. The summed E-state index contributed by atoms with van der Waals surface area (Å²) in [6.07, 6.45) is 2.36. The summed E-state index contributed by atoms with van der Waals surface area (Å²) in [6.45, 7) is -5.58. The summed E-state index contributed by atoms with van der Waals surface area (Å²) in [4.78, 5) is 12.0. The summed E-state index contributed by atoms with van der Waals surface area (Å²) in [5, 5.41) is 2.66. The first-order valence-electron chi connectivity index (χ1n) is 8.43. The van der Waals surface area contributed by atoms with Crippen LogP contribution in [-0.2, 0) is 22.7 Å². The molecule has 29 heavy (non-hydrogen) atoms. The van der Waals surface area contributed by atoms with E-state index in [0.29, 0.717) is 6.61 Å². The van der Waals surface area contributed by atoms with Crippen LogP contribution in [0.5, 0.6) is 11.5 Å². The number of rotatable bonds is 10. The Labute approximate surface area is 164 Å². The van der Waals surface area contributed by atoms with E-state index in [9.17, 15) is 22.4 Å². The molecule has 0 saturated carbocycles. The summed E-state index contributed by atoms with van der Waals surface area (Å²) in [7, 11) is 1.58. The first kappa shape index (κ1) is 22.2. The number of benzene rings is 2.